The molecule has 1 aliphatic heterocycles. The summed E-state index contributed by atoms with van der Waals surface area (Å²) in [5.41, 5.74) is 5.89. The van der Waals surface area contributed by atoms with E-state index in [4.69, 9.17) is 4.74 Å². The van der Waals surface area contributed by atoms with Crippen molar-refractivity contribution in [3.63, 3.8) is 0 Å². The minimum atomic E-state index is 0.886. The molecule has 28 heavy (non-hydrogen) atoms. The van der Waals surface area contributed by atoms with E-state index in [1.54, 1.807) is 7.11 Å². The molecule has 1 aliphatic rings. The second kappa shape index (κ2) is 7.37. The quantitative estimate of drug-likeness (QED) is 0.530. The van der Waals surface area contributed by atoms with E-state index in [0.29, 0.717) is 0 Å². The lowest BCUT2D eigenvalue weighted by atomic mass is 10.1. The third-order valence-corrected chi connectivity index (χ3v) is 6.21. The van der Waals surface area contributed by atoms with E-state index >= 15 is 0 Å². The second-order valence-electron chi connectivity index (χ2n) is 6.99. The number of methoxy groups -OCH3 is 1. The number of hydrogen-bond acceptors (Lipinski definition) is 4. The molecule has 4 aromatic rings. The summed E-state index contributed by atoms with van der Waals surface area (Å²) in [4.78, 5) is 9.33. The molecular formula is C22H22N4OS. The molecule has 0 aliphatic carbocycles. The minimum absolute atomic E-state index is 0.886. The van der Waals surface area contributed by atoms with Crippen LogP contribution in [0.1, 0.15) is 11.1 Å². The molecule has 3 heterocycles. The third kappa shape index (κ3) is 3.30. The fraction of sp³-hybridized carbons (Fsp3) is 0.227. The Morgan fingerprint density at radius 1 is 1.25 bits per heavy atom. The predicted octanol–water partition coefficient (Wildman–Crippen LogP) is 4.40. The van der Waals surface area contributed by atoms with Crippen LogP contribution in [0.4, 0.5) is 0 Å². The van der Waals surface area contributed by atoms with Gasteiger partial charge in [0.15, 0.2) is 0 Å². The van der Waals surface area contributed by atoms with Crippen molar-refractivity contribution < 1.29 is 4.74 Å². The first-order valence-corrected chi connectivity index (χ1v) is 10.4. The summed E-state index contributed by atoms with van der Waals surface area (Å²) in [6.45, 7) is 1.85. The van der Waals surface area contributed by atoms with Crippen molar-refractivity contribution in [1.29, 1.82) is 0 Å². The van der Waals surface area contributed by atoms with E-state index in [2.05, 4.69) is 62.5 Å². The van der Waals surface area contributed by atoms with Gasteiger partial charge in [-0.1, -0.05) is 6.07 Å². The lowest BCUT2D eigenvalue weighted by Gasteiger charge is -2.06. The molecule has 1 fully saturated rings. The highest BCUT2D eigenvalue weighted by Crippen LogP contribution is 2.26. The fourth-order valence-electron chi connectivity index (χ4n) is 3.72. The number of aryl methyl sites for hydroxylation is 2. The Morgan fingerprint density at radius 2 is 2.21 bits per heavy atom. The summed E-state index contributed by atoms with van der Waals surface area (Å²) < 4.78 is 7.63. The van der Waals surface area contributed by atoms with Crippen LogP contribution in [0.15, 0.2) is 53.8 Å². The minimum Gasteiger partial charge on any atom is -0.497 e. The summed E-state index contributed by atoms with van der Waals surface area (Å²) in [7, 11) is 1.71. The maximum atomic E-state index is 5.38. The van der Waals surface area contributed by atoms with Crippen LogP contribution in [-0.4, -0.2) is 34.1 Å². The highest BCUT2D eigenvalue weighted by atomic mass is 32.2. The first-order valence-electron chi connectivity index (χ1n) is 9.43. The molecule has 1 saturated heterocycles. The zero-order valence-electron chi connectivity index (χ0n) is 15.7. The van der Waals surface area contributed by atoms with Crippen LogP contribution in [0.25, 0.3) is 28.0 Å². The Morgan fingerprint density at radius 3 is 3.07 bits per heavy atom. The van der Waals surface area contributed by atoms with Gasteiger partial charge in [-0.25, -0.2) is 4.98 Å². The number of H-pyrrole nitrogens is 1. The SMILES string of the molecule is COc1ccc2[nH]cc(CCn3cnc4ccc(C=C5CNCS5)cc43)c2c1. The Kier molecular flexibility index (Phi) is 4.58. The number of aromatic nitrogens is 3. The van der Waals surface area contributed by atoms with Crippen molar-refractivity contribution in [2.45, 2.75) is 13.0 Å². The van der Waals surface area contributed by atoms with Gasteiger partial charge in [-0.3, -0.25) is 0 Å². The number of hydrogen-bond donors (Lipinski definition) is 2. The summed E-state index contributed by atoms with van der Waals surface area (Å²) in [5, 5.41) is 4.58. The molecule has 5 nitrogen and oxygen atoms in total. The lowest BCUT2D eigenvalue weighted by Crippen LogP contribution is -2.04. The van der Waals surface area contributed by atoms with Gasteiger partial charge in [-0.15, -0.1) is 11.8 Å². The number of aromatic amines is 1. The Balaban J connectivity index is 1.41. The molecule has 0 bridgehead atoms. The first-order chi connectivity index (χ1) is 13.8. The number of ether oxygens (including phenoxy) is 1. The molecule has 6 heteroatoms. The number of benzene rings is 2. The van der Waals surface area contributed by atoms with Gasteiger partial charge >= 0.3 is 0 Å². The van der Waals surface area contributed by atoms with Crippen LogP contribution in [0.3, 0.4) is 0 Å². The molecule has 2 aromatic carbocycles. The van der Waals surface area contributed by atoms with Gasteiger partial charge in [0.25, 0.3) is 0 Å². The van der Waals surface area contributed by atoms with Gasteiger partial charge in [0.2, 0.25) is 0 Å². The monoisotopic (exact) mass is 390 g/mol. The third-order valence-electron chi connectivity index (χ3n) is 5.23. The van der Waals surface area contributed by atoms with E-state index in [1.165, 1.54) is 26.9 Å². The van der Waals surface area contributed by atoms with Crippen LogP contribution in [0, 0.1) is 0 Å². The predicted molar refractivity (Wildman–Crippen MR) is 117 cm³/mol. The van der Waals surface area contributed by atoms with Crippen LogP contribution < -0.4 is 10.1 Å². The van der Waals surface area contributed by atoms with Crippen molar-refractivity contribution in [3.8, 4) is 5.75 Å². The average molecular weight is 391 g/mol. The Hall–Kier alpha value is -2.70. The Bertz CT molecular complexity index is 1170. The van der Waals surface area contributed by atoms with Gasteiger partial charge in [-0.2, -0.15) is 0 Å². The van der Waals surface area contributed by atoms with Gasteiger partial charge < -0.3 is 19.6 Å². The second-order valence-corrected chi connectivity index (χ2v) is 8.09. The molecule has 142 valence electrons. The molecule has 5 rings (SSSR count). The molecule has 0 spiro atoms. The standard InChI is InChI=1S/C22H22N4OS/c1-27-17-3-5-20-19(10-17)16(11-24-20)6-7-26-13-25-21-4-2-15(9-22(21)26)8-18-12-23-14-28-18/h2-5,8-11,13,23-24H,6-7,12,14H2,1H3. The number of rotatable bonds is 5. The number of thioether (sulfide) groups is 1. The first kappa shape index (κ1) is 17.4. The molecule has 0 unspecified atom stereocenters. The maximum absolute atomic E-state index is 5.38. The summed E-state index contributed by atoms with van der Waals surface area (Å²) >= 11 is 1.88. The van der Waals surface area contributed by atoms with E-state index in [9.17, 15) is 0 Å². The number of nitrogens with one attached hydrogen (secondary N) is 2. The zero-order valence-corrected chi connectivity index (χ0v) is 16.6. The average Bonchev–Trinajstić information content (AvgIpc) is 3.46. The van der Waals surface area contributed by atoms with Gasteiger partial charge in [0, 0.05) is 41.0 Å². The fourth-order valence-corrected chi connectivity index (χ4v) is 4.53. The van der Waals surface area contributed by atoms with E-state index in [-0.39, 0.29) is 0 Å². The molecule has 0 radical (unpaired) electrons. The van der Waals surface area contributed by atoms with Crippen molar-refractivity contribution in [1.82, 2.24) is 19.9 Å². The van der Waals surface area contributed by atoms with E-state index in [1.807, 2.05) is 24.2 Å². The molecule has 0 saturated carbocycles. The van der Waals surface area contributed by atoms with Crippen LogP contribution in [0.2, 0.25) is 0 Å². The van der Waals surface area contributed by atoms with Crippen LogP contribution in [0.5, 0.6) is 5.75 Å². The highest BCUT2D eigenvalue weighted by Gasteiger charge is 2.09. The smallest absolute Gasteiger partial charge is 0.119 e. The van der Waals surface area contributed by atoms with Crippen LogP contribution >= 0.6 is 11.8 Å². The van der Waals surface area contributed by atoms with E-state index < -0.39 is 0 Å². The summed E-state index contributed by atoms with van der Waals surface area (Å²) in [5.74, 6) is 1.89. The van der Waals surface area contributed by atoms with Crippen molar-refractivity contribution in [3.05, 3.63) is 65.0 Å². The molecule has 2 aromatic heterocycles. The molecular weight excluding hydrogens is 368 g/mol. The number of fused-ring (bicyclic) bond motifs is 2. The van der Waals surface area contributed by atoms with Crippen molar-refractivity contribution in [2.24, 2.45) is 0 Å². The number of nitrogens with zero attached hydrogens (tertiary/aromatic N) is 2. The zero-order chi connectivity index (χ0) is 18.9. The normalized spacial score (nSPS) is 15.8. The van der Waals surface area contributed by atoms with Crippen LogP contribution in [-0.2, 0) is 13.0 Å². The largest absolute Gasteiger partial charge is 0.497 e. The number of imidazole rings is 1. The molecule has 0 amide bonds. The van der Waals surface area contributed by atoms with Gasteiger partial charge in [-0.05, 0) is 54.0 Å². The van der Waals surface area contributed by atoms with Crippen molar-refractivity contribution in [2.75, 3.05) is 19.5 Å². The molecule has 2 N–H and O–H groups in total. The summed E-state index contributed by atoms with van der Waals surface area (Å²) in [6.07, 6.45) is 7.25. The lowest BCUT2D eigenvalue weighted by molar-refractivity contribution is 0.415. The van der Waals surface area contributed by atoms with E-state index in [0.717, 1.165) is 42.2 Å². The highest BCUT2D eigenvalue weighted by molar-refractivity contribution is 8.03. The molecule has 0 atom stereocenters. The van der Waals surface area contributed by atoms with Gasteiger partial charge in [0.1, 0.15) is 5.75 Å². The Labute approximate surface area is 167 Å². The van der Waals surface area contributed by atoms with Crippen molar-refractivity contribution >= 4 is 39.8 Å². The topological polar surface area (TPSA) is 54.9 Å². The maximum Gasteiger partial charge on any atom is 0.119 e. The summed E-state index contributed by atoms with van der Waals surface area (Å²) in [6, 6.07) is 12.7. The van der Waals surface area contributed by atoms with Gasteiger partial charge in [0.05, 0.1) is 24.5 Å².